The van der Waals surface area contributed by atoms with Crippen molar-refractivity contribution in [1.82, 2.24) is 14.9 Å². The molecule has 0 unspecified atom stereocenters. The number of aryl methyl sites for hydroxylation is 1. The number of rotatable bonds is 4. The first kappa shape index (κ1) is 19.8. The molecule has 2 aromatic heterocycles. The molecular formula is C24H21FN4OS. The second kappa shape index (κ2) is 8.17. The van der Waals surface area contributed by atoms with Crippen molar-refractivity contribution in [3.8, 4) is 0 Å². The van der Waals surface area contributed by atoms with Crippen LogP contribution in [0.1, 0.15) is 32.2 Å². The molecule has 3 heterocycles. The van der Waals surface area contributed by atoms with Crippen LogP contribution in [0.25, 0.3) is 10.9 Å². The zero-order chi connectivity index (χ0) is 21.4. The number of aromatic nitrogens is 2. The van der Waals surface area contributed by atoms with Gasteiger partial charge in [0.2, 0.25) is 0 Å². The molecule has 4 aromatic rings. The number of carbonyl (C=O) groups excluding carboxylic acids is 1. The molecule has 31 heavy (non-hydrogen) atoms. The van der Waals surface area contributed by atoms with Crippen molar-refractivity contribution in [1.29, 1.82) is 0 Å². The number of halogens is 1. The van der Waals surface area contributed by atoms with E-state index in [0.717, 1.165) is 31.7 Å². The van der Waals surface area contributed by atoms with Gasteiger partial charge in [-0.1, -0.05) is 30.3 Å². The molecule has 0 saturated carbocycles. The van der Waals surface area contributed by atoms with E-state index >= 15 is 0 Å². The van der Waals surface area contributed by atoms with Gasteiger partial charge in [0, 0.05) is 48.1 Å². The predicted octanol–water partition coefficient (Wildman–Crippen LogP) is 4.95. The normalized spacial score (nSPS) is 13.9. The maximum absolute atomic E-state index is 13.6. The van der Waals surface area contributed by atoms with E-state index in [9.17, 15) is 9.18 Å². The van der Waals surface area contributed by atoms with E-state index in [1.807, 2.05) is 6.07 Å². The first-order valence-corrected chi connectivity index (χ1v) is 11.0. The number of hydrogen-bond acceptors (Lipinski definition) is 5. The molecular weight excluding hydrogens is 411 g/mol. The Hall–Kier alpha value is -3.16. The number of nitrogens with one attached hydrogen (secondary N) is 1. The van der Waals surface area contributed by atoms with Gasteiger partial charge in [0.25, 0.3) is 5.91 Å². The number of pyridine rings is 1. The summed E-state index contributed by atoms with van der Waals surface area (Å²) in [4.78, 5) is 25.6. The monoisotopic (exact) mass is 432 g/mol. The minimum atomic E-state index is -0.371. The van der Waals surface area contributed by atoms with Crippen LogP contribution >= 0.6 is 11.3 Å². The number of amides is 1. The molecule has 7 heteroatoms. The molecule has 0 bridgehead atoms. The quantitative estimate of drug-likeness (QED) is 0.496. The van der Waals surface area contributed by atoms with Crippen LogP contribution in [-0.4, -0.2) is 27.3 Å². The van der Waals surface area contributed by atoms with Crippen LogP contribution < -0.4 is 5.32 Å². The average Bonchev–Trinajstić information content (AvgIpc) is 3.15. The summed E-state index contributed by atoms with van der Waals surface area (Å²) in [7, 11) is 0. The van der Waals surface area contributed by atoms with Crippen molar-refractivity contribution in [3.05, 3.63) is 87.8 Å². The Bertz CT molecular complexity index is 1270. The van der Waals surface area contributed by atoms with Crippen LogP contribution in [0.5, 0.6) is 0 Å². The van der Waals surface area contributed by atoms with Crippen LogP contribution in [0.2, 0.25) is 0 Å². The van der Waals surface area contributed by atoms with Gasteiger partial charge in [0.15, 0.2) is 5.13 Å². The van der Waals surface area contributed by atoms with E-state index in [1.165, 1.54) is 33.9 Å². The van der Waals surface area contributed by atoms with Crippen LogP contribution in [0.15, 0.2) is 54.6 Å². The SMILES string of the molecule is Cc1cc(C(=O)Nc2nc3c(s2)CN(Cc2ccccc2)CC3)c2ccc(F)cc2n1. The molecule has 0 fully saturated rings. The van der Waals surface area contributed by atoms with Gasteiger partial charge in [-0.15, -0.1) is 11.3 Å². The lowest BCUT2D eigenvalue weighted by atomic mass is 10.1. The zero-order valence-corrected chi connectivity index (χ0v) is 17.9. The fourth-order valence-electron chi connectivity index (χ4n) is 3.96. The lowest BCUT2D eigenvalue weighted by Gasteiger charge is -2.25. The van der Waals surface area contributed by atoms with E-state index in [2.05, 4.69) is 44.5 Å². The molecule has 0 spiro atoms. The van der Waals surface area contributed by atoms with Crippen molar-refractivity contribution in [2.24, 2.45) is 0 Å². The van der Waals surface area contributed by atoms with E-state index in [4.69, 9.17) is 0 Å². The van der Waals surface area contributed by atoms with Gasteiger partial charge >= 0.3 is 0 Å². The third-order valence-corrected chi connectivity index (χ3v) is 6.42. The fraction of sp³-hybridized carbons (Fsp3) is 0.208. The van der Waals surface area contributed by atoms with E-state index in [0.29, 0.717) is 27.3 Å². The Balaban J connectivity index is 1.34. The zero-order valence-electron chi connectivity index (χ0n) is 17.1. The third-order valence-electron chi connectivity index (χ3n) is 5.42. The van der Waals surface area contributed by atoms with Gasteiger partial charge in [0.05, 0.1) is 16.8 Å². The summed E-state index contributed by atoms with van der Waals surface area (Å²) in [6, 6.07) is 16.4. The highest BCUT2D eigenvalue weighted by Crippen LogP contribution is 2.30. The van der Waals surface area contributed by atoms with Crippen molar-refractivity contribution in [2.45, 2.75) is 26.4 Å². The van der Waals surface area contributed by atoms with Gasteiger partial charge in [-0.05, 0) is 30.7 Å². The smallest absolute Gasteiger partial charge is 0.258 e. The highest BCUT2D eigenvalue weighted by atomic mass is 32.1. The molecule has 2 aromatic carbocycles. The molecule has 1 aliphatic rings. The first-order chi connectivity index (χ1) is 15.0. The van der Waals surface area contributed by atoms with E-state index in [1.54, 1.807) is 19.1 Å². The molecule has 5 nitrogen and oxygen atoms in total. The average molecular weight is 433 g/mol. The maximum Gasteiger partial charge on any atom is 0.258 e. The molecule has 0 atom stereocenters. The highest BCUT2D eigenvalue weighted by Gasteiger charge is 2.22. The van der Waals surface area contributed by atoms with E-state index in [-0.39, 0.29) is 11.7 Å². The number of anilines is 1. The lowest BCUT2D eigenvalue weighted by molar-refractivity contribution is 0.102. The molecule has 0 aliphatic carbocycles. The van der Waals surface area contributed by atoms with Crippen molar-refractivity contribution in [3.63, 3.8) is 0 Å². The van der Waals surface area contributed by atoms with E-state index < -0.39 is 0 Å². The van der Waals surface area contributed by atoms with Gasteiger partial charge in [-0.3, -0.25) is 20.0 Å². The molecule has 1 aliphatic heterocycles. The van der Waals surface area contributed by atoms with Gasteiger partial charge in [0.1, 0.15) is 5.82 Å². The largest absolute Gasteiger partial charge is 0.298 e. The van der Waals surface area contributed by atoms with Crippen molar-refractivity contribution in [2.75, 3.05) is 11.9 Å². The fourth-order valence-corrected chi connectivity index (χ4v) is 5.01. The molecule has 1 amide bonds. The van der Waals surface area contributed by atoms with Crippen molar-refractivity contribution < 1.29 is 9.18 Å². The summed E-state index contributed by atoms with van der Waals surface area (Å²) in [5.41, 5.74) is 3.96. The summed E-state index contributed by atoms with van der Waals surface area (Å²) in [5.74, 6) is -0.626. The van der Waals surface area contributed by atoms with Gasteiger partial charge < -0.3 is 0 Å². The topological polar surface area (TPSA) is 58.1 Å². The molecule has 5 rings (SSSR count). The second-order valence-corrected chi connectivity index (χ2v) is 8.85. The Morgan fingerprint density at radius 2 is 2.00 bits per heavy atom. The number of thiazole rings is 1. The number of benzene rings is 2. The Labute approximate surface area is 183 Å². The molecule has 1 N–H and O–H groups in total. The third kappa shape index (κ3) is 4.19. The minimum absolute atomic E-state index is 0.255. The van der Waals surface area contributed by atoms with Gasteiger partial charge in [-0.25, -0.2) is 9.37 Å². The summed E-state index contributed by atoms with van der Waals surface area (Å²) in [6.45, 7) is 4.47. The molecule has 0 saturated heterocycles. The second-order valence-electron chi connectivity index (χ2n) is 7.76. The number of carbonyl (C=O) groups is 1. The number of hydrogen-bond donors (Lipinski definition) is 1. The van der Waals surface area contributed by atoms with Crippen LogP contribution in [0.4, 0.5) is 9.52 Å². The predicted molar refractivity (Wildman–Crippen MR) is 121 cm³/mol. The minimum Gasteiger partial charge on any atom is -0.298 e. The standard InChI is InChI=1S/C24H21FN4OS/c1-15-11-19(18-8-7-17(25)12-21(18)26-15)23(30)28-24-27-20-9-10-29(14-22(20)31-24)13-16-5-3-2-4-6-16/h2-8,11-12H,9-10,13-14H2,1H3,(H,27,28,30). The summed E-state index contributed by atoms with van der Waals surface area (Å²) >= 11 is 1.52. The Morgan fingerprint density at radius 3 is 2.84 bits per heavy atom. The highest BCUT2D eigenvalue weighted by molar-refractivity contribution is 7.15. The van der Waals surface area contributed by atoms with Crippen LogP contribution in [0.3, 0.4) is 0 Å². The van der Waals surface area contributed by atoms with Crippen LogP contribution in [0, 0.1) is 12.7 Å². The summed E-state index contributed by atoms with van der Waals surface area (Å²) < 4.78 is 13.6. The Morgan fingerprint density at radius 1 is 1.16 bits per heavy atom. The molecule has 156 valence electrons. The van der Waals surface area contributed by atoms with Crippen molar-refractivity contribution >= 4 is 33.3 Å². The lowest BCUT2D eigenvalue weighted by Crippen LogP contribution is -2.29. The number of nitrogens with zero attached hydrogens (tertiary/aromatic N) is 3. The Kier molecular flexibility index (Phi) is 5.21. The van der Waals surface area contributed by atoms with Gasteiger partial charge in [-0.2, -0.15) is 0 Å². The van der Waals surface area contributed by atoms with Crippen LogP contribution in [-0.2, 0) is 19.5 Å². The first-order valence-electron chi connectivity index (χ1n) is 10.2. The summed E-state index contributed by atoms with van der Waals surface area (Å²) in [5, 5.41) is 4.17. The maximum atomic E-state index is 13.6. The molecule has 0 radical (unpaired) electrons. The summed E-state index contributed by atoms with van der Waals surface area (Å²) in [6.07, 6.45) is 0.866. The number of fused-ring (bicyclic) bond motifs is 2.